The summed E-state index contributed by atoms with van der Waals surface area (Å²) in [7, 11) is 0. The summed E-state index contributed by atoms with van der Waals surface area (Å²) in [6.07, 6.45) is 4.77. The largest absolute Gasteiger partial charge is 0.481 e. The van der Waals surface area contributed by atoms with Gasteiger partial charge in [0.05, 0.1) is 0 Å². The number of aliphatic carboxylic acids is 1. The van der Waals surface area contributed by atoms with Gasteiger partial charge in [0.15, 0.2) is 0 Å². The van der Waals surface area contributed by atoms with E-state index in [4.69, 9.17) is 5.11 Å². The Morgan fingerprint density at radius 1 is 0.960 bits per heavy atom. The molecule has 0 bridgehead atoms. The van der Waals surface area contributed by atoms with Gasteiger partial charge in [0.25, 0.3) is 11.8 Å². The highest BCUT2D eigenvalue weighted by Gasteiger charge is 2.22. The minimum Gasteiger partial charge on any atom is -0.481 e. The number of amides is 2. The van der Waals surface area contributed by atoms with Crippen LogP contribution < -0.4 is 0 Å². The number of hydrogen-bond donors (Lipinski definition) is 1. The maximum absolute atomic E-state index is 11.5. The Labute approximate surface area is 145 Å². The highest BCUT2D eigenvalue weighted by atomic mass is 16.6. The minimum atomic E-state index is -1.06. The molecule has 1 aliphatic rings. The van der Waals surface area contributed by atoms with Crippen molar-refractivity contribution in [2.75, 3.05) is 6.54 Å². The van der Waals surface area contributed by atoms with E-state index in [0.717, 1.165) is 11.3 Å². The van der Waals surface area contributed by atoms with Crippen LogP contribution in [0.3, 0.4) is 0 Å². The molecule has 25 heavy (non-hydrogen) atoms. The Morgan fingerprint density at radius 3 is 2.16 bits per heavy atom. The third kappa shape index (κ3) is 7.56. The number of carboxylic acid groups (broad SMARTS) is 1. The van der Waals surface area contributed by atoms with Crippen molar-refractivity contribution in [3.8, 4) is 0 Å². The number of imide groups is 1. The summed E-state index contributed by atoms with van der Waals surface area (Å²) in [5, 5.41) is 8.51. The third-order valence-corrected chi connectivity index (χ3v) is 3.55. The Balaban J connectivity index is 2.09. The van der Waals surface area contributed by atoms with E-state index in [1.165, 1.54) is 12.2 Å². The molecule has 8 heteroatoms. The average molecular weight is 351 g/mol. The first kappa shape index (κ1) is 20.3. The SMILES string of the molecule is C=C(CCC(=O)O)C(=O)OC(=O)CCCCCCN1C(=O)C=CC1=O. The van der Waals surface area contributed by atoms with Gasteiger partial charge in [-0.2, -0.15) is 0 Å². The molecule has 2 amide bonds. The lowest BCUT2D eigenvalue weighted by Crippen LogP contribution is -2.30. The fourth-order valence-electron chi connectivity index (χ4n) is 2.13. The second-order valence-electron chi connectivity index (χ2n) is 5.58. The first-order valence-electron chi connectivity index (χ1n) is 7.99. The zero-order valence-corrected chi connectivity index (χ0v) is 13.9. The fourth-order valence-corrected chi connectivity index (χ4v) is 2.13. The van der Waals surface area contributed by atoms with Gasteiger partial charge in [-0.1, -0.05) is 19.4 Å². The Kier molecular flexibility index (Phi) is 8.25. The standard InChI is InChI=1S/C17H21NO7/c1-12(7-10-15(21)22)17(24)25-16(23)6-4-2-3-5-11-18-13(19)8-9-14(18)20/h8-9H,1-7,10-11H2,(H,21,22). The van der Waals surface area contributed by atoms with Crippen LogP contribution in [0, 0.1) is 0 Å². The predicted octanol–water partition coefficient (Wildman–Crippen LogP) is 1.35. The quantitative estimate of drug-likeness (QED) is 0.196. The van der Waals surface area contributed by atoms with Crippen molar-refractivity contribution in [3.63, 3.8) is 0 Å². The van der Waals surface area contributed by atoms with Gasteiger partial charge in [-0.25, -0.2) is 4.79 Å². The lowest BCUT2D eigenvalue weighted by Gasteiger charge is -2.12. The summed E-state index contributed by atoms with van der Waals surface area (Å²) in [6.45, 7) is 3.74. The zero-order valence-electron chi connectivity index (χ0n) is 13.9. The molecule has 0 radical (unpaired) electrons. The van der Waals surface area contributed by atoms with E-state index in [1.54, 1.807) is 0 Å². The number of hydrogen-bond acceptors (Lipinski definition) is 6. The van der Waals surface area contributed by atoms with Crippen LogP contribution >= 0.6 is 0 Å². The van der Waals surface area contributed by atoms with Gasteiger partial charge in [0.1, 0.15) is 0 Å². The maximum atomic E-state index is 11.5. The molecular weight excluding hydrogens is 330 g/mol. The van der Waals surface area contributed by atoms with Crippen molar-refractivity contribution in [2.24, 2.45) is 0 Å². The van der Waals surface area contributed by atoms with E-state index >= 15 is 0 Å². The summed E-state index contributed by atoms with van der Waals surface area (Å²) < 4.78 is 4.58. The van der Waals surface area contributed by atoms with E-state index in [9.17, 15) is 24.0 Å². The summed E-state index contributed by atoms with van der Waals surface area (Å²) in [5.41, 5.74) is -0.0516. The topological polar surface area (TPSA) is 118 Å². The average Bonchev–Trinajstić information content (AvgIpc) is 2.87. The second-order valence-corrected chi connectivity index (χ2v) is 5.58. The van der Waals surface area contributed by atoms with Gasteiger partial charge in [0.2, 0.25) is 0 Å². The third-order valence-electron chi connectivity index (χ3n) is 3.55. The van der Waals surface area contributed by atoms with Crippen molar-refractivity contribution < 1.29 is 33.8 Å². The van der Waals surface area contributed by atoms with E-state index in [1.807, 2.05) is 0 Å². The van der Waals surface area contributed by atoms with Crippen molar-refractivity contribution in [1.82, 2.24) is 4.90 Å². The second kappa shape index (κ2) is 10.2. The minimum absolute atomic E-state index is 0.0516. The number of unbranched alkanes of at least 4 members (excludes halogenated alkanes) is 3. The summed E-state index contributed by atoms with van der Waals surface area (Å²) in [5.74, 6) is -3.26. The molecule has 0 aromatic carbocycles. The number of carbonyl (C=O) groups excluding carboxylic acids is 4. The fraction of sp³-hybridized carbons (Fsp3) is 0.471. The van der Waals surface area contributed by atoms with E-state index in [-0.39, 0.29) is 36.6 Å². The Hall–Kier alpha value is -2.77. The van der Waals surface area contributed by atoms with Crippen LogP contribution in [-0.2, 0) is 28.7 Å². The molecule has 0 aliphatic carbocycles. The predicted molar refractivity (Wildman–Crippen MR) is 86.1 cm³/mol. The summed E-state index contributed by atoms with van der Waals surface area (Å²) in [6, 6.07) is 0. The number of ether oxygens (including phenoxy) is 1. The molecule has 1 rings (SSSR count). The molecule has 0 atom stereocenters. The van der Waals surface area contributed by atoms with Gasteiger partial charge in [0, 0.05) is 37.1 Å². The van der Waals surface area contributed by atoms with Crippen molar-refractivity contribution in [1.29, 1.82) is 0 Å². The van der Waals surface area contributed by atoms with Gasteiger partial charge in [-0.3, -0.25) is 24.1 Å². The Morgan fingerprint density at radius 2 is 1.56 bits per heavy atom. The van der Waals surface area contributed by atoms with Crippen molar-refractivity contribution >= 4 is 29.7 Å². The first-order valence-corrected chi connectivity index (χ1v) is 7.99. The molecule has 0 aromatic heterocycles. The van der Waals surface area contributed by atoms with Crippen LogP contribution in [0.15, 0.2) is 24.3 Å². The normalized spacial score (nSPS) is 13.2. The lowest BCUT2D eigenvalue weighted by molar-refractivity contribution is -0.157. The molecule has 0 saturated carbocycles. The number of esters is 2. The van der Waals surface area contributed by atoms with Crippen LogP contribution in [0.2, 0.25) is 0 Å². The molecule has 8 nitrogen and oxygen atoms in total. The van der Waals surface area contributed by atoms with E-state index < -0.39 is 17.9 Å². The van der Waals surface area contributed by atoms with Crippen LogP contribution in [0.5, 0.6) is 0 Å². The molecule has 0 spiro atoms. The van der Waals surface area contributed by atoms with Gasteiger partial charge in [-0.15, -0.1) is 0 Å². The molecular formula is C17H21NO7. The van der Waals surface area contributed by atoms with Gasteiger partial charge >= 0.3 is 17.9 Å². The van der Waals surface area contributed by atoms with Crippen LogP contribution in [0.1, 0.15) is 44.9 Å². The number of carboxylic acids is 1. The van der Waals surface area contributed by atoms with E-state index in [2.05, 4.69) is 11.3 Å². The molecule has 0 fully saturated rings. The highest BCUT2D eigenvalue weighted by molar-refractivity contribution is 6.12. The monoisotopic (exact) mass is 351 g/mol. The van der Waals surface area contributed by atoms with Crippen LogP contribution in [-0.4, -0.2) is 46.3 Å². The zero-order chi connectivity index (χ0) is 18.8. The number of carbonyl (C=O) groups is 5. The smallest absolute Gasteiger partial charge is 0.341 e. The summed E-state index contributed by atoms with van der Waals surface area (Å²) in [4.78, 5) is 57.2. The molecule has 0 saturated heterocycles. The highest BCUT2D eigenvalue weighted by Crippen LogP contribution is 2.10. The molecule has 136 valence electrons. The summed E-state index contributed by atoms with van der Waals surface area (Å²) >= 11 is 0. The van der Waals surface area contributed by atoms with Crippen molar-refractivity contribution in [3.05, 3.63) is 24.3 Å². The van der Waals surface area contributed by atoms with Crippen LogP contribution in [0.4, 0.5) is 0 Å². The first-order chi connectivity index (χ1) is 11.8. The van der Waals surface area contributed by atoms with Crippen LogP contribution in [0.25, 0.3) is 0 Å². The van der Waals surface area contributed by atoms with Gasteiger partial charge < -0.3 is 9.84 Å². The molecule has 1 N–H and O–H groups in total. The number of rotatable bonds is 11. The lowest BCUT2D eigenvalue weighted by atomic mass is 10.1. The van der Waals surface area contributed by atoms with Crippen molar-refractivity contribution in [2.45, 2.75) is 44.9 Å². The molecule has 0 unspecified atom stereocenters. The molecule has 1 heterocycles. The molecule has 0 aromatic rings. The van der Waals surface area contributed by atoms with Gasteiger partial charge in [-0.05, 0) is 19.3 Å². The Bertz CT molecular complexity index is 588. The van der Waals surface area contributed by atoms with E-state index in [0.29, 0.717) is 25.8 Å². The maximum Gasteiger partial charge on any atom is 0.341 e. The number of nitrogens with zero attached hydrogens (tertiary/aromatic N) is 1. The molecule has 1 aliphatic heterocycles.